The molecule has 0 fully saturated rings. The van der Waals surface area contributed by atoms with Crippen molar-refractivity contribution in [3.8, 4) is 5.75 Å². The third kappa shape index (κ3) is 2.15. The average molecular weight is 205 g/mol. The third-order valence-corrected chi connectivity index (χ3v) is 2.80. The summed E-state index contributed by atoms with van der Waals surface area (Å²) in [5, 5.41) is 3.52. The van der Waals surface area contributed by atoms with Crippen molar-refractivity contribution in [2.24, 2.45) is 0 Å². The Labute approximate surface area is 91.6 Å². The van der Waals surface area contributed by atoms with Crippen LogP contribution in [0.1, 0.15) is 37.9 Å². The second kappa shape index (κ2) is 4.23. The second-order valence-electron chi connectivity index (χ2n) is 4.41. The fourth-order valence-electron chi connectivity index (χ4n) is 2.02. The van der Waals surface area contributed by atoms with Gasteiger partial charge in [0.25, 0.3) is 0 Å². The molecule has 1 atom stereocenters. The molecule has 0 aromatic heterocycles. The van der Waals surface area contributed by atoms with Gasteiger partial charge in [-0.25, -0.2) is 0 Å². The minimum absolute atomic E-state index is 0.367. The highest BCUT2D eigenvalue weighted by molar-refractivity contribution is 5.42. The zero-order chi connectivity index (χ0) is 10.8. The molecule has 0 amide bonds. The van der Waals surface area contributed by atoms with Crippen molar-refractivity contribution in [2.75, 3.05) is 6.61 Å². The molecule has 82 valence electrons. The van der Waals surface area contributed by atoms with Gasteiger partial charge >= 0.3 is 0 Å². The number of aryl methyl sites for hydroxylation is 1. The molecule has 0 saturated carbocycles. The summed E-state index contributed by atoms with van der Waals surface area (Å²) in [5.74, 6) is 1.05. The molecular weight excluding hydrogens is 186 g/mol. The van der Waals surface area contributed by atoms with Crippen molar-refractivity contribution in [3.05, 3.63) is 29.3 Å². The minimum Gasteiger partial charge on any atom is -0.491 e. The Kier molecular flexibility index (Phi) is 2.96. The Hall–Kier alpha value is -1.02. The number of benzene rings is 1. The predicted octanol–water partition coefficient (Wildman–Crippen LogP) is 2.68. The molecule has 1 aliphatic rings. The third-order valence-electron chi connectivity index (χ3n) is 2.80. The first kappa shape index (κ1) is 10.5. The van der Waals surface area contributed by atoms with E-state index in [1.54, 1.807) is 0 Å². The highest BCUT2D eigenvalue weighted by atomic mass is 16.5. The Morgan fingerprint density at radius 2 is 2.27 bits per heavy atom. The summed E-state index contributed by atoms with van der Waals surface area (Å²) in [6.07, 6.45) is 1.08. The first-order valence-corrected chi connectivity index (χ1v) is 5.72. The van der Waals surface area contributed by atoms with Gasteiger partial charge in [-0.1, -0.05) is 32.9 Å². The van der Waals surface area contributed by atoms with Gasteiger partial charge in [0.15, 0.2) is 0 Å². The van der Waals surface area contributed by atoms with Gasteiger partial charge in [-0.2, -0.15) is 0 Å². The van der Waals surface area contributed by atoms with Crippen LogP contribution in [0.5, 0.6) is 5.75 Å². The van der Waals surface area contributed by atoms with Crippen molar-refractivity contribution >= 4 is 0 Å². The lowest BCUT2D eigenvalue weighted by Gasteiger charge is -2.15. The van der Waals surface area contributed by atoms with Crippen LogP contribution in [-0.4, -0.2) is 12.6 Å². The lowest BCUT2D eigenvalue weighted by molar-refractivity contribution is 0.303. The predicted molar refractivity (Wildman–Crippen MR) is 62.3 cm³/mol. The van der Waals surface area contributed by atoms with E-state index in [1.807, 2.05) is 0 Å². The van der Waals surface area contributed by atoms with Crippen molar-refractivity contribution in [2.45, 2.75) is 39.3 Å². The van der Waals surface area contributed by atoms with Gasteiger partial charge < -0.3 is 10.1 Å². The van der Waals surface area contributed by atoms with Crippen molar-refractivity contribution < 1.29 is 4.74 Å². The number of fused-ring (bicyclic) bond motifs is 1. The Bertz CT molecular complexity index is 346. The SMILES string of the molecule is CCc1ccc2c(c1)C(NC(C)C)CO2. The van der Waals surface area contributed by atoms with E-state index in [4.69, 9.17) is 4.74 Å². The van der Waals surface area contributed by atoms with Crippen LogP contribution < -0.4 is 10.1 Å². The first-order valence-electron chi connectivity index (χ1n) is 5.72. The molecule has 0 bridgehead atoms. The summed E-state index contributed by atoms with van der Waals surface area (Å²) < 4.78 is 5.65. The molecule has 2 heteroatoms. The number of ether oxygens (including phenoxy) is 1. The Morgan fingerprint density at radius 1 is 1.47 bits per heavy atom. The van der Waals surface area contributed by atoms with Gasteiger partial charge in [-0.15, -0.1) is 0 Å². The normalized spacial score (nSPS) is 19.1. The second-order valence-corrected chi connectivity index (χ2v) is 4.41. The first-order chi connectivity index (χ1) is 7.20. The van der Waals surface area contributed by atoms with Gasteiger partial charge in [0, 0.05) is 11.6 Å². The molecular formula is C13H19NO. The Balaban J connectivity index is 2.23. The molecule has 2 nitrogen and oxygen atoms in total. The molecule has 1 heterocycles. The monoisotopic (exact) mass is 205 g/mol. The van der Waals surface area contributed by atoms with Crippen LogP contribution in [0.4, 0.5) is 0 Å². The Morgan fingerprint density at radius 3 is 2.93 bits per heavy atom. The lowest BCUT2D eigenvalue weighted by atomic mass is 10.0. The zero-order valence-electron chi connectivity index (χ0n) is 9.71. The van der Waals surface area contributed by atoms with Crippen molar-refractivity contribution in [1.29, 1.82) is 0 Å². The van der Waals surface area contributed by atoms with Crippen LogP contribution in [0.3, 0.4) is 0 Å². The van der Waals surface area contributed by atoms with E-state index in [1.165, 1.54) is 11.1 Å². The van der Waals surface area contributed by atoms with E-state index < -0.39 is 0 Å². The van der Waals surface area contributed by atoms with E-state index >= 15 is 0 Å². The molecule has 1 unspecified atom stereocenters. The fourth-order valence-corrected chi connectivity index (χ4v) is 2.02. The maximum absolute atomic E-state index is 5.65. The van der Waals surface area contributed by atoms with Crippen LogP contribution >= 0.6 is 0 Å². The molecule has 0 spiro atoms. The highest BCUT2D eigenvalue weighted by Gasteiger charge is 2.24. The topological polar surface area (TPSA) is 21.3 Å². The number of rotatable bonds is 3. The minimum atomic E-state index is 0.367. The van der Waals surface area contributed by atoms with Crippen LogP contribution in [-0.2, 0) is 6.42 Å². The van der Waals surface area contributed by atoms with Crippen LogP contribution in [0, 0.1) is 0 Å². The lowest BCUT2D eigenvalue weighted by Crippen LogP contribution is -2.29. The highest BCUT2D eigenvalue weighted by Crippen LogP contribution is 2.33. The van der Waals surface area contributed by atoms with E-state index in [2.05, 4.69) is 44.3 Å². The summed E-state index contributed by atoms with van der Waals surface area (Å²) in [7, 11) is 0. The number of hydrogen-bond acceptors (Lipinski definition) is 2. The van der Waals surface area contributed by atoms with Crippen LogP contribution in [0.15, 0.2) is 18.2 Å². The smallest absolute Gasteiger partial charge is 0.124 e. The molecule has 1 aliphatic heterocycles. The summed E-state index contributed by atoms with van der Waals surface area (Å²) >= 11 is 0. The van der Waals surface area contributed by atoms with Gasteiger partial charge in [0.2, 0.25) is 0 Å². The summed E-state index contributed by atoms with van der Waals surface area (Å²) in [4.78, 5) is 0. The molecule has 0 aliphatic carbocycles. The van der Waals surface area contributed by atoms with E-state index in [9.17, 15) is 0 Å². The molecule has 15 heavy (non-hydrogen) atoms. The van der Waals surface area contributed by atoms with Gasteiger partial charge in [-0.3, -0.25) is 0 Å². The maximum Gasteiger partial charge on any atom is 0.124 e. The zero-order valence-corrected chi connectivity index (χ0v) is 9.71. The van der Waals surface area contributed by atoms with Crippen molar-refractivity contribution in [3.63, 3.8) is 0 Å². The number of nitrogens with one attached hydrogen (secondary N) is 1. The van der Waals surface area contributed by atoms with Gasteiger partial charge in [-0.05, 0) is 18.1 Å². The summed E-state index contributed by atoms with van der Waals surface area (Å²) in [6.45, 7) is 7.28. The number of hydrogen-bond donors (Lipinski definition) is 1. The summed E-state index contributed by atoms with van der Waals surface area (Å²) in [5.41, 5.74) is 2.71. The van der Waals surface area contributed by atoms with E-state index in [0.29, 0.717) is 12.1 Å². The van der Waals surface area contributed by atoms with E-state index in [-0.39, 0.29) is 0 Å². The molecule has 0 radical (unpaired) electrons. The fraction of sp³-hybridized carbons (Fsp3) is 0.538. The van der Waals surface area contributed by atoms with Crippen LogP contribution in [0.25, 0.3) is 0 Å². The van der Waals surface area contributed by atoms with Gasteiger partial charge in [0.05, 0.1) is 6.04 Å². The van der Waals surface area contributed by atoms with E-state index in [0.717, 1.165) is 18.8 Å². The molecule has 1 aromatic rings. The molecule has 1 N–H and O–H groups in total. The maximum atomic E-state index is 5.65. The van der Waals surface area contributed by atoms with Crippen LogP contribution in [0.2, 0.25) is 0 Å². The standard InChI is InChI=1S/C13H19NO/c1-4-10-5-6-13-11(7-10)12(8-15-13)14-9(2)3/h5-7,9,12,14H,4,8H2,1-3H3. The molecule has 1 aromatic carbocycles. The average Bonchev–Trinajstić information content (AvgIpc) is 2.60. The largest absolute Gasteiger partial charge is 0.491 e. The van der Waals surface area contributed by atoms with Crippen molar-refractivity contribution in [1.82, 2.24) is 5.32 Å². The quantitative estimate of drug-likeness (QED) is 0.819. The molecule has 0 saturated heterocycles. The van der Waals surface area contributed by atoms with Gasteiger partial charge in [0.1, 0.15) is 12.4 Å². The molecule has 2 rings (SSSR count). The summed E-state index contributed by atoms with van der Waals surface area (Å²) in [6, 6.07) is 7.37.